The quantitative estimate of drug-likeness (QED) is 0.780. The van der Waals surface area contributed by atoms with Gasteiger partial charge in [0, 0.05) is 18.9 Å². The fraction of sp³-hybridized carbons (Fsp3) is 0.188. The van der Waals surface area contributed by atoms with Crippen LogP contribution in [-0.2, 0) is 7.05 Å². The van der Waals surface area contributed by atoms with Gasteiger partial charge >= 0.3 is 0 Å². The molecule has 0 fully saturated rings. The number of halogens is 4. The van der Waals surface area contributed by atoms with Crippen molar-refractivity contribution in [1.82, 2.24) is 9.78 Å². The molecule has 0 saturated heterocycles. The highest BCUT2D eigenvalue weighted by molar-refractivity contribution is 6.55. The third-order valence-corrected chi connectivity index (χ3v) is 3.49. The molecule has 1 N–H and O–H groups in total. The van der Waals surface area contributed by atoms with Crippen molar-refractivity contribution in [1.29, 1.82) is 0 Å². The number of hydrogen-bond donors (Lipinski definition) is 1. The number of benzene rings is 1. The maximum absolute atomic E-state index is 13.0. The van der Waals surface area contributed by atoms with E-state index in [0.29, 0.717) is 5.69 Å². The fourth-order valence-electron chi connectivity index (χ4n) is 2.11. The largest absolute Gasteiger partial charge is 0.322 e. The number of alkyl halides is 2. The number of nitrogens with one attached hydrogen (secondary N) is 1. The number of nitrogens with zero attached hydrogens (tertiary/aromatic N) is 2. The molecule has 0 aliphatic rings. The molecular formula is C16H13Cl2F2N3O. The minimum Gasteiger partial charge on any atom is -0.322 e. The Bertz CT molecular complexity index is 836. The molecule has 24 heavy (non-hydrogen) atoms. The second kappa shape index (κ2) is 7.62. The first-order valence-electron chi connectivity index (χ1n) is 6.80. The van der Waals surface area contributed by atoms with Crippen molar-refractivity contribution in [3.63, 3.8) is 0 Å². The summed E-state index contributed by atoms with van der Waals surface area (Å²) in [6.45, 7) is 1.77. The summed E-state index contributed by atoms with van der Waals surface area (Å²) in [5, 5.41) is 6.24. The number of amides is 1. The van der Waals surface area contributed by atoms with Crippen LogP contribution in [0.3, 0.4) is 0 Å². The summed E-state index contributed by atoms with van der Waals surface area (Å²) in [4.78, 5) is 12.3. The van der Waals surface area contributed by atoms with Gasteiger partial charge in [0.05, 0.1) is 5.56 Å². The van der Waals surface area contributed by atoms with Gasteiger partial charge in [-0.15, -0.1) is 0 Å². The highest BCUT2D eigenvalue weighted by atomic mass is 35.5. The Kier molecular flexibility index (Phi) is 5.78. The molecule has 1 heterocycles. The van der Waals surface area contributed by atoms with Crippen molar-refractivity contribution in [2.75, 3.05) is 5.32 Å². The van der Waals surface area contributed by atoms with Crippen LogP contribution in [0.25, 0.3) is 6.08 Å². The van der Waals surface area contributed by atoms with E-state index in [1.54, 1.807) is 31.2 Å². The van der Waals surface area contributed by atoms with E-state index >= 15 is 0 Å². The third-order valence-electron chi connectivity index (χ3n) is 3.27. The summed E-state index contributed by atoms with van der Waals surface area (Å²) in [5.74, 6) is -0.659. The standard InChI is InChI=1S/C16H13Cl2F2N3O/c1-9-10(6-7-13(17)18)4-3-5-12(9)21-16(24)11-8-23(2)22-14(11)15(19)20/h3-6,8,15H,1-2H3,(H,21,24). The van der Waals surface area contributed by atoms with E-state index in [1.165, 1.54) is 17.9 Å². The predicted octanol–water partition coefficient (Wildman–Crippen LogP) is 4.85. The highest BCUT2D eigenvalue weighted by Crippen LogP contribution is 2.24. The fourth-order valence-corrected chi connectivity index (χ4v) is 2.22. The van der Waals surface area contributed by atoms with Crippen molar-refractivity contribution < 1.29 is 13.6 Å². The lowest BCUT2D eigenvalue weighted by atomic mass is 10.1. The summed E-state index contributed by atoms with van der Waals surface area (Å²) in [6, 6.07) is 5.15. The molecule has 126 valence electrons. The van der Waals surface area contributed by atoms with E-state index in [1.807, 2.05) is 0 Å². The van der Waals surface area contributed by atoms with Crippen molar-refractivity contribution >= 4 is 40.9 Å². The van der Waals surface area contributed by atoms with Crippen LogP contribution in [0.1, 0.15) is 33.6 Å². The summed E-state index contributed by atoms with van der Waals surface area (Å²) < 4.78 is 27.1. The molecule has 1 amide bonds. The van der Waals surface area contributed by atoms with Crippen LogP contribution in [0.2, 0.25) is 0 Å². The molecule has 1 aromatic carbocycles. The molecule has 0 bridgehead atoms. The van der Waals surface area contributed by atoms with Gasteiger partial charge in [-0.2, -0.15) is 5.10 Å². The van der Waals surface area contributed by atoms with Crippen LogP contribution < -0.4 is 5.32 Å². The van der Waals surface area contributed by atoms with Crippen molar-refractivity contribution in [3.8, 4) is 0 Å². The molecule has 2 aromatic rings. The first-order valence-corrected chi connectivity index (χ1v) is 7.55. The number of aromatic nitrogens is 2. The lowest BCUT2D eigenvalue weighted by Gasteiger charge is -2.10. The lowest BCUT2D eigenvalue weighted by molar-refractivity contribution is 0.101. The monoisotopic (exact) mass is 371 g/mol. The Labute approximate surface area is 147 Å². The first kappa shape index (κ1) is 18.2. The number of anilines is 1. The number of carbonyl (C=O) groups excluding carboxylic acids is 1. The molecule has 0 aliphatic carbocycles. The van der Waals surface area contributed by atoms with E-state index in [4.69, 9.17) is 23.2 Å². The molecule has 2 rings (SSSR count). The SMILES string of the molecule is Cc1c(C=C=C(Cl)Cl)cccc1NC(=O)c1cn(C)nc1C(F)F. The van der Waals surface area contributed by atoms with Gasteiger partial charge in [-0.1, -0.05) is 41.1 Å². The Balaban J connectivity index is 2.34. The third kappa shape index (κ3) is 4.23. The zero-order chi connectivity index (χ0) is 17.9. The molecule has 0 unspecified atom stereocenters. The van der Waals surface area contributed by atoms with E-state index in [2.05, 4.69) is 16.1 Å². The zero-order valence-electron chi connectivity index (χ0n) is 12.8. The molecule has 8 heteroatoms. The topological polar surface area (TPSA) is 46.9 Å². The van der Waals surface area contributed by atoms with Gasteiger partial charge in [-0.3, -0.25) is 9.48 Å². The maximum Gasteiger partial charge on any atom is 0.282 e. The Morgan fingerprint density at radius 2 is 2.12 bits per heavy atom. The van der Waals surface area contributed by atoms with Gasteiger partial charge in [0.2, 0.25) is 0 Å². The molecule has 4 nitrogen and oxygen atoms in total. The van der Waals surface area contributed by atoms with E-state index in [9.17, 15) is 13.6 Å². The van der Waals surface area contributed by atoms with Crippen molar-refractivity contribution in [2.24, 2.45) is 7.05 Å². The van der Waals surface area contributed by atoms with Crippen LogP contribution >= 0.6 is 23.2 Å². The average Bonchev–Trinajstić information content (AvgIpc) is 2.90. The van der Waals surface area contributed by atoms with Gasteiger partial charge in [0.15, 0.2) is 0 Å². The average molecular weight is 372 g/mol. The molecule has 0 radical (unpaired) electrons. The van der Waals surface area contributed by atoms with Crippen LogP contribution in [-0.4, -0.2) is 15.7 Å². The molecule has 1 aromatic heterocycles. The molecular weight excluding hydrogens is 359 g/mol. The normalized spacial score (nSPS) is 10.5. The molecule has 0 aliphatic heterocycles. The number of aryl methyl sites for hydroxylation is 1. The van der Waals surface area contributed by atoms with Crippen LogP contribution in [0.5, 0.6) is 0 Å². The number of rotatable bonds is 4. The van der Waals surface area contributed by atoms with Crippen molar-refractivity contribution in [2.45, 2.75) is 13.3 Å². The van der Waals surface area contributed by atoms with Crippen molar-refractivity contribution in [3.05, 3.63) is 57.0 Å². The first-order chi connectivity index (χ1) is 11.3. The van der Waals surface area contributed by atoms with Crippen LogP contribution in [0.4, 0.5) is 14.5 Å². The summed E-state index contributed by atoms with van der Waals surface area (Å²) >= 11 is 11.0. The maximum atomic E-state index is 13.0. The number of hydrogen-bond acceptors (Lipinski definition) is 2. The Morgan fingerprint density at radius 3 is 2.75 bits per heavy atom. The summed E-state index contributed by atoms with van der Waals surface area (Å²) in [6.07, 6.45) is -0.0146. The van der Waals surface area contributed by atoms with Gasteiger partial charge in [-0.25, -0.2) is 8.78 Å². The molecule has 0 spiro atoms. The highest BCUT2D eigenvalue weighted by Gasteiger charge is 2.23. The smallest absolute Gasteiger partial charge is 0.282 e. The van der Waals surface area contributed by atoms with Gasteiger partial charge < -0.3 is 5.32 Å². The summed E-state index contributed by atoms with van der Waals surface area (Å²) in [5.41, 5.74) is 3.84. The van der Waals surface area contributed by atoms with Gasteiger partial charge in [0.1, 0.15) is 10.2 Å². The Morgan fingerprint density at radius 1 is 1.42 bits per heavy atom. The van der Waals surface area contributed by atoms with E-state index in [0.717, 1.165) is 11.1 Å². The number of carbonyl (C=O) groups is 1. The summed E-state index contributed by atoms with van der Waals surface area (Å²) in [7, 11) is 1.47. The van der Waals surface area contributed by atoms with E-state index in [-0.39, 0.29) is 10.1 Å². The minimum absolute atomic E-state index is 0.0271. The predicted molar refractivity (Wildman–Crippen MR) is 90.5 cm³/mol. The zero-order valence-corrected chi connectivity index (χ0v) is 14.3. The van der Waals surface area contributed by atoms with Gasteiger partial charge in [-0.05, 0) is 30.2 Å². The minimum atomic E-state index is -2.83. The Hall–Kier alpha value is -2.14. The second-order valence-corrected chi connectivity index (χ2v) is 5.87. The van der Waals surface area contributed by atoms with Crippen LogP contribution in [0.15, 0.2) is 34.6 Å². The lowest BCUT2D eigenvalue weighted by Crippen LogP contribution is -2.14. The second-order valence-electron chi connectivity index (χ2n) is 4.93. The van der Waals surface area contributed by atoms with E-state index < -0.39 is 18.0 Å². The van der Waals surface area contributed by atoms with Crippen LogP contribution in [0, 0.1) is 6.92 Å². The van der Waals surface area contributed by atoms with Gasteiger partial charge in [0.25, 0.3) is 12.3 Å². The molecule has 0 saturated carbocycles. The molecule has 0 atom stereocenters.